The smallest absolute Gasteiger partial charge is 0.221 e. The summed E-state index contributed by atoms with van der Waals surface area (Å²) in [7, 11) is 1.60. The second-order valence-electron chi connectivity index (χ2n) is 2.68. The molecule has 0 amide bonds. The fourth-order valence-electron chi connectivity index (χ4n) is 1.24. The summed E-state index contributed by atoms with van der Waals surface area (Å²) in [5.41, 5.74) is 0.649. The molecule has 1 N–H and O–H groups in total. The van der Waals surface area contributed by atoms with Crippen LogP contribution in [0.4, 0.5) is 0 Å². The molecule has 0 aliphatic rings. The summed E-state index contributed by atoms with van der Waals surface area (Å²) >= 11 is 3.06. The molecule has 2 heterocycles. The van der Waals surface area contributed by atoms with Crippen LogP contribution < -0.4 is 4.74 Å². The molecule has 0 aliphatic carbocycles. The predicted octanol–water partition coefficient (Wildman–Crippen LogP) is 1.81. The number of ether oxygens (including phenoxy) is 1. The molecular weight excluding hydrogens is 232 g/mol. The molecule has 0 spiro atoms. The van der Waals surface area contributed by atoms with Crippen LogP contribution in [0.2, 0.25) is 0 Å². The molecule has 0 bridgehead atoms. The Bertz CT molecular complexity index is 485. The molecule has 0 aliphatic heterocycles. The van der Waals surface area contributed by atoms with E-state index < -0.39 is 0 Å². The normalized spacial score (nSPS) is 10.9. The van der Waals surface area contributed by atoms with Crippen LogP contribution in [0.3, 0.4) is 0 Å². The highest BCUT2D eigenvalue weighted by atomic mass is 32.2. The second kappa shape index (κ2) is 4.28. The Morgan fingerprint density at radius 3 is 2.60 bits per heavy atom. The maximum Gasteiger partial charge on any atom is 0.221 e. The minimum atomic E-state index is 0.613. The largest absolute Gasteiger partial charge is 0.481 e. The van der Waals surface area contributed by atoms with E-state index in [9.17, 15) is 0 Å². The number of nitrogens with zero attached hydrogens (tertiary/aromatic N) is 3. The molecule has 0 unspecified atom stereocenters. The zero-order valence-corrected chi connectivity index (χ0v) is 10.2. The lowest BCUT2D eigenvalue weighted by Crippen LogP contribution is -1.91. The number of thioether (sulfide) groups is 2. The van der Waals surface area contributed by atoms with E-state index in [2.05, 4.69) is 20.2 Å². The number of aromatic amines is 1. The molecule has 7 heteroatoms. The average molecular weight is 242 g/mol. The van der Waals surface area contributed by atoms with E-state index in [1.54, 1.807) is 18.9 Å². The van der Waals surface area contributed by atoms with Gasteiger partial charge in [0.05, 0.1) is 7.11 Å². The number of methoxy groups -OCH3 is 1. The first-order valence-electron chi connectivity index (χ1n) is 4.18. The summed E-state index contributed by atoms with van der Waals surface area (Å²) in [6, 6.07) is 0. The van der Waals surface area contributed by atoms with Gasteiger partial charge in [-0.3, -0.25) is 0 Å². The van der Waals surface area contributed by atoms with Crippen LogP contribution in [0.5, 0.6) is 5.88 Å². The Hall–Kier alpha value is -0.950. The van der Waals surface area contributed by atoms with Crippen LogP contribution >= 0.6 is 23.5 Å². The maximum atomic E-state index is 5.17. The van der Waals surface area contributed by atoms with Gasteiger partial charge in [0.15, 0.2) is 10.8 Å². The van der Waals surface area contributed by atoms with E-state index in [0.717, 1.165) is 15.6 Å². The van der Waals surface area contributed by atoms with Gasteiger partial charge >= 0.3 is 0 Å². The van der Waals surface area contributed by atoms with Gasteiger partial charge in [0.2, 0.25) is 5.88 Å². The van der Waals surface area contributed by atoms with Gasteiger partial charge in [0.25, 0.3) is 0 Å². The number of hydrogen-bond donors (Lipinski definition) is 1. The molecule has 5 nitrogen and oxygen atoms in total. The van der Waals surface area contributed by atoms with E-state index in [1.165, 1.54) is 11.8 Å². The monoisotopic (exact) mass is 242 g/mol. The Morgan fingerprint density at radius 2 is 2.00 bits per heavy atom. The highest BCUT2D eigenvalue weighted by molar-refractivity contribution is 7.99. The first-order chi connectivity index (χ1) is 7.30. The van der Waals surface area contributed by atoms with Gasteiger partial charge in [-0.2, -0.15) is 5.10 Å². The first-order valence-corrected chi connectivity index (χ1v) is 6.63. The van der Waals surface area contributed by atoms with Crippen LogP contribution in [-0.4, -0.2) is 39.8 Å². The van der Waals surface area contributed by atoms with Crippen molar-refractivity contribution in [2.24, 2.45) is 0 Å². The van der Waals surface area contributed by atoms with Gasteiger partial charge < -0.3 is 4.74 Å². The predicted molar refractivity (Wildman–Crippen MR) is 61.8 cm³/mol. The number of nitrogens with one attached hydrogen (secondary N) is 1. The third kappa shape index (κ3) is 1.76. The van der Waals surface area contributed by atoms with Crippen molar-refractivity contribution in [1.82, 2.24) is 20.2 Å². The highest BCUT2D eigenvalue weighted by Gasteiger charge is 2.14. The highest BCUT2D eigenvalue weighted by Crippen LogP contribution is 2.30. The minimum Gasteiger partial charge on any atom is -0.481 e. The topological polar surface area (TPSA) is 63.7 Å². The van der Waals surface area contributed by atoms with Crippen LogP contribution in [0.1, 0.15) is 0 Å². The van der Waals surface area contributed by atoms with Gasteiger partial charge in [-0.1, -0.05) is 11.8 Å². The van der Waals surface area contributed by atoms with E-state index in [0.29, 0.717) is 11.5 Å². The summed E-state index contributed by atoms with van der Waals surface area (Å²) in [5.74, 6) is 0.613. The maximum absolute atomic E-state index is 5.17. The third-order valence-electron chi connectivity index (χ3n) is 1.91. The number of fused-ring (bicyclic) bond motifs is 1. The van der Waals surface area contributed by atoms with Gasteiger partial charge in [-0.25, -0.2) is 15.1 Å². The Labute approximate surface area is 95.4 Å². The summed E-state index contributed by atoms with van der Waals surface area (Å²) < 4.78 is 5.17. The van der Waals surface area contributed by atoms with Gasteiger partial charge in [-0.15, -0.1) is 11.8 Å². The molecule has 0 fully saturated rings. The van der Waals surface area contributed by atoms with Crippen molar-refractivity contribution in [3.8, 4) is 5.88 Å². The fraction of sp³-hybridized carbons (Fsp3) is 0.375. The summed E-state index contributed by atoms with van der Waals surface area (Å²) in [6.07, 6.45) is 3.91. The lowest BCUT2D eigenvalue weighted by atomic mass is 10.4. The molecule has 0 saturated heterocycles. The van der Waals surface area contributed by atoms with E-state index in [-0.39, 0.29) is 0 Å². The van der Waals surface area contributed by atoms with Gasteiger partial charge in [-0.05, 0) is 12.5 Å². The zero-order valence-electron chi connectivity index (χ0n) is 8.57. The van der Waals surface area contributed by atoms with E-state index in [4.69, 9.17) is 4.74 Å². The molecule has 2 aromatic rings. The van der Waals surface area contributed by atoms with E-state index in [1.807, 2.05) is 12.5 Å². The van der Waals surface area contributed by atoms with Crippen molar-refractivity contribution in [2.75, 3.05) is 19.6 Å². The van der Waals surface area contributed by atoms with Crippen LogP contribution in [0, 0.1) is 0 Å². The average Bonchev–Trinajstić information content (AvgIpc) is 2.70. The van der Waals surface area contributed by atoms with Crippen LogP contribution in [-0.2, 0) is 0 Å². The van der Waals surface area contributed by atoms with Gasteiger partial charge in [0, 0.05) is 0 Å². The molecule has 2 aromatic heterocycles. The molecule has 15 heavy (non-hydrogen) atoms. The third-order valence-corrected chi connectivity index (χ3v) is 3.14. The van der Waals surface area contributed by atoms with Crippen LogP contribution in [0.25, 0.3) is 11.0 Å². The summed E-state index contributed by atoms with van der Waals surface area (Å²) in [5, 5.41) is 9.33. The minimum absolute atomic E-state index is 0.613. The molecule has 80 valence electrons. The van der Waals surface area contributed by atoms with Crippen LogP contribution in [0.15, 0.2) is 10.2 Å². The number of rotatable bonds is 3. The van der Waals surface area contributed by atoms with Crippen molar-refractivity contribution in [3.63, 3.8) is 0 Å². The van der Waals surface area contributed by atoms with Crippen molar-refractivity contribution in [2.45, 2.75) is 10.2 Å². The molecule has 0 radical (unpaired) electrons. The Kier molecular flexibility index (Phi) is 3.01. The SMILES string of the molecule is COc1[nH]nc2nc(SC)nc(SC)c12. The van der Waals surface area contributed by atoms with Crippen molar-refractivity contribution in [1.29, 1.82) is 0 Å². The summed E-state index contributed by atoms with van der Waals surface area (Å²) in [4.78, 5) is 8.68. The van der Waals surface area contributed by atoms with Crippen molar-refractivity contribution < 1.29 is 4.74 Å². The Morgan fingerprint density at radius 1 is 1.20 bits per heavy atom. The summed E-state index contributed by atoms with van der Waals surface area (Å²) in [6.45, 7) is 0. The van der Waals surface area contributed by atoms with Crippen molar-refractivity contribution >= 4 is 34.6 Å². The molecule has 0 aromatic carbocycles. The standard InChI is InChI=1S/C8H10N4OS2/c1-13-6-4-5(11-12-6)9-8(15-3)10-7(4)14-2/h1-3H3,(H,9,10,11,12). The quantitative estimate of drug-likeness (QED) is 0.503. The van der Waals surface area contributed by atoms with Gasteiger partial charge in [0.1, 0.15) is 10.4 Å². The lowest BCUT2D eigenvalue weighted by Gasteiger charge is -2.01. The Balaban J connectivity index is 2.72. The van der Waals surface area contributed by atoms with E-state index >= 15 is 0 Å². The number of H-pyrrole nitrogens is 1. The molecule has 0 saturated carbocycles. The fourth-order valence-corrected chi connectivity index (χ4v) is 2.22. The van der Waals surface area contributed by atoms with Crippen molar-refractivity contribution in [3.05, 3.63) is 0 Å². The zero-order chi connectivity index (χ0) is 10.8. The lowest BCUT2D eigenvalue weighted by molar-refractivity contribution is 0.400. The molecule has 0 atom stereocenters. The number of hydrogen-bond acceptors (Lipinski definition) is 6. The first kappa shape index (κ1) is 10.6. The number of aromatic nitrogens is 4. The second-order valence-corrected chi connectivity index (χ2v) is 4.24. The molecule has 2 rings (SSSR count). The molecular formula is C8H10N4OS2.